The first kappa shape index (κ1) is 11.0. The Hall–Kier alpha value is -0.540. The molecule has 1 aromatic rings. The summed E-state index contributed by atoms with van der Waals surface area (Å²) in [5.74, 6) is 0.572. The summed E-state index contributed by atoms with van der Waals surface area (Å²) >= 11 is 9.13. The predicted molar refractivity (Wildman–Crippen MR) is 62.3 cm³/mol. The van der Waals surface area contributed by atoms with Crippen molar-refractivity contribution < 1.29 is 9.90 Å². The van der Waals surface area contributed by atoms with Gasteiger partial charge in [-0.1, -0.05) is 11.6 Å². The fraction of sp³-hybridized carbons (Fsp3) is 0.364. The maximum absolute atomic E-state index is 11.1. The van der Waals surface area contributed by atoms with Gasteiger partial charge in [0.1, 0.15) is 11.5 Å². The largest absolute Gasteiger partial charge is 0.506 e. The summed E-state index contributed by atoms with van der Waals surface area (Å²) in [5.41, 5.74) is 0.773. The van der Waals surface area contributed by atoms with Crippen LogP contribution in [0.2, 0.25) is 5.02 Å². The zero-order valence-electron chi connectivity index (χ0n) is 8.13. The fourth-order valence-corrected chi connectivity index (χ4v) is 2.69. The molecule has 2 atom stereocenters. The third-order valence-corrected chi connectivity index (χ3v) is 3.59. The van der Waals surface area contributed by atoms with Crippen molar-refractivity contribution in [3.63, 3.8) is 0 Å². The van der Waals surface area contributed by atoms with E-state index in [4.69, 9.17) is 11.6 Å². The van der Waals surface area contributed by atoms with E-state index >= 15 is 0 Å². The van der Waals surface area contributed by atoms with Crippen LogP contribution in [0.15, 0.2) is 16.6 Å². The van der Waals surface area contributed by atoms with E-state index in [1.807, 2.05) is 0 Å². The number of phenolic OH excluding ortho intramolecular Hbond substituents is 1. The molecule has 1 N–H and O–H groups in total. The lowest BCUT2D eigenvalue weighted by Crippen LogP contribution is -1.95. The Morgan fingerprint density at radius 2 is 2.27 bits per heavy atom. The number of rotatable bonds is 2. The topological polar surface area (TPSA) is 37.3 Å². The van der Waals surface area contributed by atoms with E-state index in [2.05, 4.69) is 15.9 Å². The second kappa shape index (κ2) is 3.80. The number of Topliss-reactive ketones (excluding diaryl/α,β-unsaturated/α-hetero) is 1. The van der Waals surface area contributed by atoms with Gasteiger partial charge in [0.05, 0.1) is 4.47 Å². The molecule has 0 aromatic heterocycles. The van der Waals surface area contributed by atoms with Gasteiger partial charge in [-0.3, -0.25) is 4.79 Å². The molecule has 1 aromatic carbocycles. The highest BCUT2D eigenvalue weighted by molar-refractivity contribution is 9.10. The van der Waals surface area contributed by atoms with Gasteiger partial charge in [-0.05, 0) is 47.3 Å². The summed E-state index contributed by atoms with van der Waals surface area (Å²) in [5, 5.41) is 10.4. The molecule has 2 rings (SSSR count). The summed E-state index contributed by atoms with van der Waals surface area (Å²) < 4.78 is 0.583. The monoisotopic (exact) mass is 288 g/mol. The van der Waals surface area contributed by atoms with Gasteiger partial charge >= 0.3 is 0 Å². The van der Waals surface area contributed by atoms with Crippen LogP contribution in [-0.2, 0) is 4.79 Å². The van der Waals surface area contributed by atoms with Gasteiger partial charge < -0.3 is 5.11 Å². The average Bonchev–Trinajstić information content (AvgIpc) is 2.90. The molecular weight excluding hydrogens is 279 g/mol. The predicted octanol–water partition coefficient (Wildman–Crippen LogP) is 3.50. The van der Waals surface area contributed by atoms with Gasteiger partial charge in [-0.15, -0.1) is 0 Å². The molecule has 1 aliphatic carbocycles. The molecule has 15 heavy (non-hydrogen) atoms. The highest BCUT2D eigenvalue weighted by atomic mass is 79.9. The third kappa shape index (κ3) is 2.04. The molecule has 2 unspecified atom stereocenters. The molecule has 0 bridgehead atoms. The lowest BCUT2D eigenvalue weighted by atomic mass is 10.1. The fourth-order valence-electron chi connectivity index (χ4n) is 1.86. The maximum Gasteiger partial charge on any atom is 0.133 e. The van der Waals surface area contributed by atoms with Crippen molar-refractivity contribution in [2.24, 2.45) is 5.92 Å². The van der Waals surface area contributed by atoms with Crippen molar-refractivity contribution in [2.75, 3.05) is 0 Å². The quantitative estimate of drug-likeness (QED) is 0.905. The van der Waals surface area contributed by atoms with Crippen LogP contribution >= 0.6 is 27.5 Å². The van der Waals surface area contributed by atoms with Gasteiger partial charge in [-0.2, -0.15) is 0 Å². The summed E-state index contributed by atoms with van der Waals surface area (Å²) in [7, 11) is 0. The molecule has 0 radical (unpaired) electrons. The van der Waals surface area contributed by atoms with E-state index in [1.54, 1.807) is 19.1 Å². The van der Waals surface area contributed by atoms with Crippen molar-refractivity contribution in [1.29, 1.82) is 0 Å². The first-order chi connectivity index (χ1) is 7.00. The molecule has 1 aliphatic rings. The number of carbonyl (C=O) groups excluding carboxylic acids is 1. The summed E-state index contributed by atoms with van der Waals surface area (Å²) in [6.45, 7) is 1.58. The van der Waals surface area contributed by atoms with Gasteiger partial charge in [0, 0.05) is 16.5 Å². The smallest absolute Gasteiger partial charge is 0.133 e. The van der Waals surface area contributed by atoms with Crippen molar-refractivity contribution >= 4 is 33.3 Å². The average molecular weight is 290 g/mol. The van der Waals surface area contributed by atoms with Crippen LogP contribution in [0.25, 0.3) is 0 Å². The van der Waals surface area contributed by atoms with Gasteiger partial charge in [-0.25, -0.2) is 0 Å². The van der Waals surface area contributed by atoms with E-state index < -0.39 is 0 Å². The molecule has 1 fully saturated rings. The van der Waals surface area contributed by atoms with Crippen molar-refractivity contribution in [3.8, 4) is 5.75 Å². The van der Waals surface area contributed by atoms with E-state index in [-0.39, 0.29) is 23.4 Å². The minimum atomic E-state index is 0.0567. The molecule has 4 heteroatoms. The normalized spacial score (nSPS) is 23.9. The Bertz CT molecular complexity index is 431. The maximum atomic E-state index is 11.1. The van der Waals surface area contributed by atoms with Crippen molar-refractivity contribution in [2.45, 2.75) is 19.3 Å². The van der Waals surface area contributed by atoms with E-state index in [9.17, 15) is 9.90 Å². The Labute approximate surface area is 101 Å². The van der Waals surface area contributed by atoms with Crippen LogP contribution in [0.4, 0.5) is 0 Å². The first-order valence-corrected chi connectivity index (χ1v) is 5.86. The molecular formula is C11H10BrClO2. The summed E-state index contributed by atoms with van der Waals surface area (Å²) in [6.07, 6.45) is 0.815. The molecule has 0 aliphatic heterocycles. The number of phenols is 1. The summed E-state index contributed by atoms with van der Waals surface area (Å²) in [4.78, 5) is 11.1. The zero-order chi connectivity index (χ0) is 11.2. The Balaban J connectivity index is 2.34. The standard InChI is InChI=1S/C11H10BrClO2/c1-5(14)7-4-8(7)9-2-6(13)3-10(12)11(9)15/h2-3,7-8,15H,4H2,1H3. The van der Waals surface area contributed by atoms with E-state index in [0.717, 1.165) is 12.0 Å². The van der Waals surface area contributed by atoms with Crippen LogP contribution in [0.3, 0.4) is 0 Å². The third-order valence-electron chi connectivity index (χ3n) is 2.77. The molecule has 0 amide bonds. The van der Waals surface area contributed by atoms with Crippen LogP contribution < -0.4 is 0 Å². The van der Waals surface area contributed by atoms with Crippen LogP contribution in [0.1, 0.15) is 24.8 Å². The van der Waals surface area contributed by atoms with Crippen LogP contribution in [0.5, 0.6) is 5.75 Å². The van der Waals surface area contributed by atoms with Gasteiger partial charge in [0.2, 0.25) is 0 Å². The Morgan fingerprint density at radius 3 is 2.80 bits per heavy atom. The zero-order valence-corrected chi connectivity index (χ0v) is 10.5. The molecule has 1 saturated carbocycles. The number of hydrogen-bond acceptors (Lipinski definition) is 2. The van der Waals surface area contributed by atoms with Gasteiger partial charge in [0.25, 0.3) is 0 Å². The SMILES string of the molecule is CC(=O)C1CC1c1cc(Cl)cc(Br)c1O. The molecule has 0 spiro atoms. The molecule has 0 heterocycles. The second-order valence-electron chi connectivity index (χ2n) is 3.88. The number of hydrogen-bond donors (Lipinski definition) is 1. The van der Waals surface area contributed by atoms with Crippen LogP contribution in [0, 0.1) is 5.92 Å². The lowest BCUT2D eigenvalue weighted by molar-refractivity contribution is -0.118. The minimum Gasteiger partial charge on any atom is -0.506 e. The van der Waals surface area contributed by atoms with E-state index in [0.29, 0.717) is 9.50 Å². The van der Waals surface area contributed by atoms with Crippen molar-refractivity contribution in [3.05, 3.63) is 27.2 Å². The molecule has 2 nitrogen and oxygen atoms in total. The number of aromatic hydroxyl groups is 1. The lowest BCUT2D eigenvalue weighted by Gasteiger charge is -2.06. The Kier molecular flexibility index (Phi) is 2.77. The highest BCUT2D eigenvalue weighted by Crippen LogP contribution is 2.52. The van der Waals surface area contributed by atoms with Crippen molar-refractivity contribution in [1.82, 2.24) is 0 Å². The second-order valence-corrected chi connectivity index (χ2v) is 5.18. The molecule has 80 valence electrons. The first-order valence-electron chi connectivity index (χ1n) is 4.69. The highest BCUT2D eigenvalue weighted by Gasteiger charge is 2.43. The minimum absolute atomic E-state index is 0.0567. The number of ketones is 1. The summed E-state index contributed by atoms with van der Waals surface area (Å²) in [6, 6.07) is 3.38. The number of benzene rings is 1. The molecule has 0 saturated heterocycles. The van der Waals surface area contributed by atoms with Gasteiger partial charge in [0.15, 0.2) is 0 Å². The van der Waals surface area contributed by atoms with Crippen LogP contribution in [-0.4, -0.2) is 10.9 Å². The Morgan fingerprint density at radius 1 is 1.60 bits per heavy atom. The van der Waals surface area contributed by atoms with E-state index in [1.165, 1.54) is 0 Å². The number of halogens is 2. The number of carbonyl (C=O) groups is 1.